The molecule has 1 saturated carbocycles. The topological polar surface area (TPSA) is 46.5 Å². The molecule has 0 aromatic rings. The zero-order chi connectivity index (χ0) is 8.10. The maximum Gasteiger partial charge on any atom is 0.305 e. The Morgan fingerprint density at radius 1 is 1.45 bits per heavy atom. The molecule has 1 fully saturated rings. The highest BCUT2D eigenvalue weighted by atomic mass is 16.5. The van der Waals surface area contributed by atoms with Crippen LogP contribution in [-0.2, 0) is 9.53 Å². The SMILES string of the molecule is O=C(O)CCOCCC1CC1. The number of rotatable bonds is 6. The molecule has 0 aromatic carbocycles. The number of hydrogen-bond acceptors (Lipinski definition) is 2. The Morgan fingerprint density at radius 2 is 2.18 bits per heavy atom. The Labute approximate surface area is 66.4 Å². The van der Waals surface area contributed by atoms with Crippen molar-refractivity contribution in [1.29, 1.82) is 0 Å². The van der Waals surface area contributed by atoms with Crippen molar-refractivity contribution in [2.24, 2.45) is 5.92 Å². The maximum absolute atomic E-state index is 10.0. The van der Waals surface area contributed by atoms with E-state index in [9.17, 15) is 4.79 Å². The number of hydrogen-bond donors (Lipinski definition) is 1. The summed E-state index contributed by atoms with van der Waals surface area (Å²) in [5.74, 6) is 0.0937. The number of carbonyl (C=O) groups is 1. The van der Waals surface area contributed by atoms with E-state index in [1.54, 1.807) is 0 Å². The first-order chi connectivity index (χ1) is 5.29. The lowest BCUT2D eigenvalue weighted by Gasteiger charge is -1.99. The fraction of sp³-hybridized carbons (Fsp3) is 0.875. The standard InChI is InChI=1S/C8H14O3/c9-8(10)4-6-11-5-3-7-1-2-7/h7H,1-6H2,(H,9,10). The van der Waals surface area contributed by atoms with E-state index in [1.165, 1.54) is 12.8 Å². The van der Waals surface area contributed by atoms with Gasteiger partial charge >= 0.3 is 5.97 Å². The van der Waals surface area contributed by atoms with Gasteiger partial charge in [0.1, 0.15) is 0 Å². The van der Waals surface area contributed by atoms with E-state index < -0.39 is 5.97 Å². The Kier molecular flexibility index (Phi) is 3.36. The van der Waals surface area contributed by atoms with Crippen LogP contribution in [0.2, 0.25) is 0 Å². The lowest BCUT2D eigenvalue weighted by atomic mass is 10.3. The summed E-state index contributed by atoms with van der Waals surface area (Å²) in [6.45, 7) is 1.10. The highest BCUT2D eigenvalue weighted by Crippen LogP contribution is 2.31. The quantitative estimate of drug-likeness (QED) is 0.592. The average Bonchev–Trinajstić information content (AvgIpc) is 2.70. The zero-order valence-corrected chi connectivity index (χ0v) is 6.58. The van der Waals surface area contributed by atoms with Gasteiger partial charge < -0.3 is 9.84 Å². The molecule has 0 spiro atoms. The predicted octanol–water partition coefficient (Wildman–Crippen LogP) is 1.28. The third-order valence-corrected chi connectivity index (χ3v) is 1.83. The van der Waals surface area contributed by atoms with Gasteiger partial charge in [-0.25, -0.2) is 0 Å². The number of aliphatic carboxylic acids is 1. The monoisotopic (exact) mass is 158 g/mol. The van der Waals surface area contributed by atoms with Gasteiger partial charge in [-0.2, -0.15) is 0 Å². The lowest BCUT2D eigenvalue weighted by molar-refractivity contribution is -0.138. The van der Waals surface area contributed by atoms with Crippen LogP contribution in [0.3, 0.4) is 0 Å². The molecule has 11 heavy (non-hydrogen) atoms. The molecular formula is C8H14O3. The smallest absolute Gasteiger partial charge is 0.305 e. The van der Waals surface area contributed by atoms with E-state index in [1.807, 2.05) is 0 Å². The third kappa shape index (κ3) is 4.79. The molecule has 0 heterocycles. The van der Waals surface area contributed by atoms with Gasteiger partial charge in [0.15, 0.2) is 0 Å². The molecule has 0 radical (unpaired) electrons. The summed E-state index contributed by atoms with van der Waals surface area (Å²) in [7, 11) is 0. The highest BCUT2D eigenvalue weighted by molar-refractivity contribution is 5.66. The fourth-order valence-corrected chi connectivity index (χ4v) is 0.918. The molecule has 3 heteroatoms. The van der Waals surface area contributed by atoms with Gasteiger partial charge in [0.2, 0.25) is 0 Å². The molecule has 0 bridgehead atoms. The summed E-state index contributed by atoms with van der Waals surface area (Å²) in [5, 5.41) is 8.25. The van der Waals surface area contributed by atoms with E-state index in [4.69, 9.17) is 9.84 Å². The lowest BCUT2D eigenvalue weighted by Crippen LogP contribution is -2.03. The van der Waals surface area contributed by atoms with Crippen LogP contribution in [0, 0.1) is 5.92 Å². The Bertz CT molecular complexity index is 129. The highest BCUT2D eigenvalue weighted by Gasteiger charge is 2.20. The van der Waals surface area contributed by atoms with Crippen molar-refractivity contribution in [2.75, 3.05) is 13.2 Å². The van der Waals surface area contributed by atoms with Gasteiger partial charge in [0, 0.05) is 6.61 Å². The van der Waals surface area contributed by atoms with Crippen molar-refractivity contribution in [3.63, 3.8) is 0 Å². The van der Waals surface area contributed by atoms with Gasteiger partial charge in [-0.1, -0.05) is 12.8 Å². The van der Waals surface area contributed by atoms with Crippen molar-refractivity contribution < 1.29 is 14.6 Å². The first-order valence-electron chi connectivity index (χ1n) is 4.08. The van der Waals surface area contributed by atoms with Gasteiger partial charge in [-0.3, -0.25) is 4.79 Å². The summed E-state index contributed by atoms with van der Waals surface area (Å²) >= 11 is 0. The molecule has 0 aromatic heterocycles. The van der Waals surface area contributed by atoms with Crippen molar-refractivity contribution in [1.82, 2.24) is 0 Å². The molecular weight excluding hydrogens is 144 g/mol. The van der Waals surface area contributed by atoms with Gasteiger partial charge in [0.05, 0.1) is 13.0 Å². The molecule has 0 unspecified atom stereocenters. The van der Waals surface area contributed by atoms with Crippen molar-refractivity contribution in [3.05, 3.63) is 0 Å². The van der Waals surface area contributed by atoms with Crippen LogP contribution in [0.5, 0.6) is 0 Å². The average molecular weight is 158 g/mol. The molecule has 64 valence electrons. The van der Waals surface area contributed by atoms with Crippen LogP contribution in [0.4, 0.5) is 0 Å². The minimum Gasteiger partial charge on any atom is -0.481 e. The van der Waals surface area contributed by atoms with Crippen molar-refractivity contribution in [2.45, 2.75) is 25.7 Å². The molecule has 0 amide bonds. The number of ether oxygens (including phenoxy) is 1. The first-order valence-corrected chi connectivity index (χ1v) is 4.08. The molecule has 1 aliphatic rings. The molecule has 1 rings (SSSR count). The fourth-order valence-electron chi connectivity index (χ4n) is 0.918. The summed E-state index contributed by atoms with van der Waals surface area (Å²) in [6.07, 6.45) is 3.91. The second kappa shape index (κ2) is 4.34. The summed E-state index contributed by atoms with van der Waals surface area (Å²) in [4.78, 5) is 10.0. The van der Waals surface area contributed by atoms with Gasteiger partial charge in [-0.05, 0) is 12.3 Å². The summed E-state index contributed by atoms with van der Waals surface area (Å²) in [5.41, 5.74) is 0. The van der Waals surface area contributed by atoms with Crippen LogP contribution < -0.4 is 0 Å². The van der Waals surface area contributed by atoms with Crippen LogP contribution >= 0.6 is 0 Å². The molecule has 0 saturated heterocycles. The van der Waals surface area contributed by atoms with Crippen LogP contribution in [-0.4, -0.2) is 24.3 Å². The second-order valence-electron chi connectivity index (χ2n) is 2.99. The van der Waals surface area contributed by atoms with Gasteiger partial charge in [0.25, 0.3) is 0 Å². The first kappa shape index (κ1) is 8.53. The maximum atomic E-state index is 10.0. The normalized spacial score (nSPS) is 16.7. The predicted molar refractivity (Wildman–Crippen MR) is 40.4 cm³/mol. The van der Waals surface area contributed by atoms with Crippen molar-refractivity contribution >= 4 is 5.97 Å². The van der Waals surface area contributed by atoms with Crippen molar-refractivity contribution in [3.8, 4) is 0 Å². The Balaban J connectivity index is 1.76. The number of carboxylic acid groups (broad SMARTS) is 1. The van der Waals surface area contributed by atoms with E-state index >= 15 is 0 Å². The third-order valence-electron chi connectivity index (χ3n) is 1.83. The van der Waals surface area contributed by atoms with E-state index in [0.717, 1.165) is 18.9 Å². The number of carboxylic acids is 1. The van der Waals surface area contributed by atoms with Crippen LogP contribution in [0.1, 0.15) is 25.7 Å². The van der Waals surface area contributed by atoms with Gasteiger partial charge in [-0.15, -0.1) is 0 Å². The van der Waals surface area contributed by atoms with E-state index in [2.05, 4.69) is 0 Å². The summed E-state index contributed by atoms with van der Waals surface area (Å²) in [6, 6.07) is 0. The van der Waals surface area contributed by atoms with Crippen LogP contribution in [0.15, 0.2) is 0 Å². The van der Waals surface area contributed by atoms with E-state index in [0.29, 0.717) is 6.61 Å². The van der Waals surface area contributed by atoms with E-state index in [-0.39, 0.29) is 6.42 Å². The molecule has 3 nitrogen and oxygen atoms in total. The Hall–Kier alpha value is -0.570. The minimum atomic E-state index is -0.781. The molecule has 1 N–H and O–H groups in total. The zero-order valence-electron chi connectivity index (χ0n) is 6.58. The van der Waals surface area contributed by atoms with Crippen LogP contribution in [0.25, 0.3) is 0 Å². The molecule has 0 atom stereocenters. The Morgan fingerprint density at radius 3 is 2.73 bits per heavy atom. The minimum absolute atomic E-state index is 0.130. The molecule has 1 aliphatic carbocycles. The summed E-state index contributed by atoms with van der Waals surface area (Å²) < 4.78 is 5.11. The largest absolute Gasteiger partial charge is 0.481 e. The second-order valence-corrected chi connectivity index (χ2v) is 2.99. The molecule has 0 aliphatic heterocycles.